The van der Waals surface area contributed by atoms with Crippen LogP contribution < -0.4 is 0 Å². The molecule has 0 saturated carbocycles. The van der Waals surface area contributed by atoms with Crippen molar-refractivity contribution in [1.82, 2.24) is 4.90 Å². The number of amides is 1. The molecule has 2 aliphatic heterocycles. The second-order valence-electron chi connectivity index (χ2n) is 2.45. The van der Waals surface area contributed by atoms with Crippen LogP contribution in [-0.2, 0) is 4.79 Å². The Labute approximate surface area is 64.7 Å². The predicted molar refractivity (Wildman–Crippen MR) is 42.0 cm³/mol. The number of amidine groups is 1. The quantitative estimate of drug-likeness (QED) is 0.497. The van der Waals surface area contributed by atoms with Crippen LogP contribution in [0.5, 0.6) is 0 Å². The van der Waals surface area contributed by atoms with Crippen LogP contribution in [0.25, 0.3) is 0 Å². The standard InChI is InChI=1S/C8H8N2O/c11-8-4-5-9-7-3-1-2-6-10(7)8/h1-3,6H,4-5H2. The molecule has 3 nitrogen and oxygen atoms in total. The fourth-order valence-corrected chi connectivity index (χ4v) is 1.16. The molecular formula is C8H8N2O. The van der Waals surface area contributed by atoms with Gasteiger partial charge in [0.25, 0.3) is 0 Å². The number of allylic oxidation sites excluding steroid dienone is 2. The van der Waals surface area contributed by atoms with Gasteiger partial charge in [-0.1, -0.05) is 6.08 Å². The molecule has 0 radical (unpaired) electrons. The van der Waals surface area contributed by atoms with Gasteiger partial charge in [-0.15, -0.1) is 0 Å². The lowest BCUT2D eigenvalue weighted by Gasteiger charge is -2.23. The lowest BCUT2D eigenvalue weighted by molar-refractivity contribution is -0.125. The monoisotopic (exact) mass is 148 g/mol. The first kappa shape index (κ1) is 6.34. The van der Waals surface area contributed by atoms with Gasteiger partial charge in [0, 0.05) is 12.6 Å². The number of fused-ring (bicyclic) bond motifs is 1. The van der Waals surface area contributed by atoms with Crippen LogP contribution in [0.4, 0.5) is 0 Å². The van der Waals surface area contributed by atoms with Gasteiger partial charge in [-0.2, -0.15) is 0 Å². The van der Waals surface area contributed by atoms with E-state index < -0.39 is 0 Å². The summed E-state index contributed by atoms with van der Waals surface area (Å²) in [7, 11) is 0. The lowest BCUT2D eigenvalue weighted by atomic mass is 10.2. The topological polar surface area (TPSA) is 32.7 Å². The Balaban J connectivity index is 2.36. The largest absolute Gasteiger partial charge is 0.274 e. The second-order valence-corrected chi connectivity index (χ2v) is 2.45. The molecule has 3 heteroatoms. The molecule has 0 bridgehead atoms. The van der Waals surface area contributed by atoms with Crippen molar-refractivity contribution < 1.29 is 4.79 Å². The summed E-state index contributed by atoms with van der Waals surface area (Å²) in [4.78, 5) is 17.0. The van der Waals surface area contributed by atoms with Crippen LogP contribution in [0, 0.1) is 0 Å². The summed E-state index contributed by atoms with van der Waals surface area (Å²) >= 11 is 0. The minimum Gasteiger partial charge on any atom is -0.274 e. The first-order valence-electron chi connectivity index (χ1n) is 3.59. The number of carbonyl (C=O) groups excluding carboxylic acids is 1. The molecule has 0 fully saturated rings. The van der Waals surface area contributed by atoms with Crippen LogP contribution in [0.1, 0.15) is 6.42 Å². The third-order valence-electron chi connectivity index (χ3n) is 1.71. The van der Waals surface area contributed by atoms with Gasteiger partial charge < -0.3 is 0 Å². The maximum Gasteiger partial charge on any atom is 0.234 e. The Hall–Kier alpha value is -1.38. The molecule has 0 aromatic rings. The van der Waals surface area contributed by atoms with Crippen molar-refractivity contribution in [2.75, 3.05) is 6.54 Å². The summed E-state index contributed by atoms with van der Waals surface area (Å²) in [6.45, 7) is 0.628. The van der Waals surface area contributed by atoms with Gasteiger partial charge >= 0.3 is 0 Å². The Bertz CT molecular complexity index is 276. The highest BCUT2D eigenvalue weighted by Crippen LogP contribution is 2.09. The van der Waals surface area contributed by atoms with E-state index in [0.717, 1.165) is 5.84 Å². The molecule has 0 atom stereocenters. The van der Waals surface area contributed by atoms with Gasteiger partial charge in [0.05, 0.1) is 6.54 Å². The molecule has 0 spiro atoms. The summed E-state index contributed by atoms with van der Waals surface area (Å²) < 4.78 is 0. The number of nitrogens with zero attached hydrogens (tertiary/aromatic N) is 2. The van der Waals surface area contributed by atoms with E-state index in [0.29, 0.717) is 13.0 Å². The summed E-state index contributed by atoms with van der Waals surface area (Å²) in [5, 5.41) is 0. The van der Waals surface area contributed by atoms with E-state index >= 15 is 0 Å². The number of hydrogen-bond donors (Lipinski definition) is 0. The lowest BCUT2D eigenvalue weighted by Crippen LogP contribution is -2.35. The fraction of sp³-hybridized carbons (Fsp3) is 0.250. The van der Waals surface area contributed by atoms with Crippen molar-refractivity contribution in [3.05, 3.63) is 24.4 Å². The molecule has 0 unspecified atom stereocenters. The first-order chi connectivity index (χ1) is 5.38. The number of hydrogen-bond acceptors (Lipinski definition) is 2. The van der Waals surface area contributed by atoms with Crippen LogP contribution >= 0.6 is 0 Å². The molecule has 1 amide bonds. The summed E-state index contributed by atoms with van der Waals surface area (Å²) in [6.07, 6.45) is 7.84. The Morgan fingerprint density at radius 1 is 1.45 bits per heavy atom. The average Bonchev–Trinajstić information content (AvgIpc) is 2.06. The highest BCUT2D eigenvalue weighted by Gasteiger charge is 2.19. The zero-order valence-electron chi connectivity index (χ0n) is 6.03. The van der Waals surface area contributed by atoms with Crippen molar-refractivity contribution >= 4 is 11.7 Å². The Morgan fingerprint density at radius 3 is 3.18 bits per heavy atom. The summed E-state index contributed by atoms with van der Waals surface area (Å²) in [5.74, 6) is 0.902. The summed E-state index contributed by atoms with van der Waals surface area (Å²) in [6, 6.07) is 0. The smallest absolute Gasteiger partial charge is 0.234 e. The van der Waals surface area contributed by atoms with Gasteiger partial charge in [-0.3, -0.25) is 14.7 Å². The van der Waals surface area contributed by atoms with E-state index in [4.69, 9.17) is 0 Å². The second kappa shape index (κ2) is 2.34. The maximum atomic E-state index is 11.2. The van der Waals surface area contributed by atoms with Crippen LogP contribution in [-0.4, -0.2) is 23.2 Å². The molecule has 2 aliphatic rings. The van der Waals surface area contributed by atoms with Crippen LogP contribution in [0.2, 0.25) is 0 Å². The summed E-state index contributed by atoms with van der Waals surface area (Å²) in [5.41, 5.74) is 0. The molecule has 0 aromatic carbocycles. The third kappa shape index (κ3) is 0.981. The van der Waals surface area contributed by atoms with Crippen LogP contribution in [0.15, 0.2) is 29.4 Å². The van der Waals surface area contributed by atoms with Gasteiger partial charge in [0.15, 0.2) is 0 Å². The van der Waals surface area contributed by atoms with Crippen molar-refractivity contribution in [1.29, 1.82) is 0 Å². The average molecular weight is 148 g/mol. The van der Waals surface area contributed by atoms with E-state index in [1.165, 1.54) is 0 Å². The minimum absolute atomic E-state index is 0.135. The Kier molecular flexibility index (Phi) is 1.35. The zero-order chi connectivity index (χ0) is 7.68. The molecule has 0 aromatic heterocycles. The van der Waals surface area contributed by atoms with Crippen molar-refractivity contribution in [2.24, 2.45) is 4.99 Å². The highest BCUT2D eigenvalue weighted by molar-refractivity contribution is 6.07. The molecule has 0 saturated heterocycles. The number of aliphatic imine (C=N–C) groups is 1. The first-order valence-corrected chi connectivity index (χ1v) is 3.59. The number of carbonyl (C=O) groups is 1. The normalized spacial score (nSPS) is 21.6. The van der Waals surface area contributed by atoms with E-state index in [1.54, 1.807) is 11.1 Å². The Morgan fingerprint density at radius 2 is 2.36 bits per heavy atom. The number of rotatable bonds is 0. The zero-order valence-corrected chi connectivity index (χ0v) is 6.03. The van der Waals surface area contributed by atoms with E-state index in [-0.39, 0.29) is 5.91 Å². The van der Waals surface area contributed by atoms with Crippen LogP contribution in [0.3, 0.4) is 0 Å². The van der Waals surface area contributed by atoms with Gasteiger partial charge in [0.2, 0.25) is 5.91 Å². The molecule has 2 rings (SSSR count). The van der Waals surface area contributed by atoms with E-state index in [1.807, 2.05) is 18.2 Å². The van der Waals surface area contributed by atoms with Gasteiger partial charge in [-0.25, -0.2) is 0 Å². The fourth-order valence-electron chi connectivity index (χ4n) is 1.16. The van der Waals surface area contributed by atoms with E-state index in [2.05, 4.69) is 4.99 Å². The van der Waals surface area contributed by atoms with Gasteiger partial charge in [0.1, 0.15) is 5.84 Å². The van der Waals surface area contributed by atoms with Crippen molar-refractivity contribution in [3.63, 3.8) is 0 Å². The van der Waals surface area contributed by atoms with Crippen molar-refractivity contribution in [2.45, 2.75) is 6.42 Å². The maximum absolute atomic E-state index is 11.2. The highest BCUT2D eigenvalue weighted by atomic mass is 16.2. The minimum atomic E-state index is 0.135. The molecule has 0 aliphatic carbocycles. The predicted octanol–water partition coefficient (Wildman–Crippen LogP) is 0.701. The molecular weight excluding hydrogens is 140 g/mol. The SMILES string of the molecule is O=C1CCN=C2C=CC=CN12. The van der Waals surface area contributed by atoms with Gasteiger partial charge in [-0.05, 0) is 12.2 Å². The molecule has 0 N–H and O–H groups in total. The van der Waals surface area contributed by atoms with Crippen molar-refractivity contribution in [3.8, 4) is 0 Å². The molecule has 2 heterocycles. The third-order valence-corrected chi connectivity index (χ3v) is 1.71. The molecule has 56 valence electrons. The molecule has 11 heavy (non-hydrogen) atoms. The van der Waals surface area contributed by atoms with E-state index in [9.17, 15) is 4.79 Å².